The van der Waals surface area contributed by atoms with Gasteiger partial charge in [0.05, 0.1) is 39.6 Å². The topological polar surface area (TPSA) is 116 Å². The lowest BCUT2D eigenvalue weighted by Gasteiger charge is -2.15. The molecular formula is C22H22F3N5O3S. The van der Waals surface area contributed by atoms with Gasteiger partial charge in [-0.25, -0.2) is 13.1 Å². The van der Waals surface area contributed by atoms with Crippen molar-refractivity contribution < 1.29 is 26.4 Å². The van der Waals surface area contributed by atoms with Gasteiger partial charge in [-0.2, -0.15) is 18.3 Å². The van der Waals surface area contributed by atoms with Gasteiger partial charge in [-0.3, -0.25) is 9.89 Å². The van der Waals surface area contributed by atoms with Crippen molar-refractivity contribution in [1.82, 2.24) is 20.2 Å². The van der Waals surface area contributed by atoms with E-state index in [1.54, 1.807) is 0 Å². The third-order valence-electron chi connectivity index (χ3n) is 5.39. The van der Waals surface area contributed by atoms with E-state index in [0.717, 1.165) is 30.7 Å². The molecule has 180 valence electrons. The number of aromatic nitrogens is 2. The van der Waals surface area contributed by atoms with Crippen LogP contribution in [0.25, 0.3) is 0 Å². The van der Waals surface area contributed by atoms with Gasteiger partial charge in [0.25, 0.3) is 5.91 Å². The van der Waals surface area contributed by atoms with E-state index >= 15 is 0 Å². The maximum absolute atomic E-state index is 13.0. The summed E-state index contributed by atoms with van der Waals surface area (Å²) in [6.07, 6.45) is -2.30. The minimum atomic E-state index is -4.47. The first-order valence-corrected chi connectivity index (χ1v) is 11.9. The van der Waals surface area contributed by atoms with Gasteiger partial charge < -0.3 is 10.6 Å². The molecule has 1 fully saturated rings. The number of nitrogens with one attached hydrogen (secondary N) is 4. The highest BCUT2D eigenvalue weighted by molar-refractivity contribution is 7.89. The molecule has 0 unspecified atom stereocenters. The lowest BCUT2D eigenvalue weighted by Crippen LogP contribution is -2.25. The van der Waals surface area contributed by atoms with Gasteiger partial charge in [-0.15, -0.1) is 0 Å². The molecule has 1 saturated carbocycles. The number of hydrogen-bond acceptors (Lipinski definition) is 5. The summed E-state index contributed by atoms with van der Waals surface area (Å²) in [5.41, 5.74) is 1.38. The average molecular weight is 494 g/mol. The molecule has 1 amide bonds. The van der Waals surface area contributed by atoms with Crippen molar-refractivity contribution in [3.05, 3.63) is 71.0 Å². The number of rotatable bonds is 8. The predicted molar refractivity (Wildman–Crippen MR) is 119 cm³/mol. The standard InChI is InChI=1S/C22H22F3N5O3S/c1-26-34(32,33)17-8-9-19(28-15-6-4-14(5-7-15)22(23,24)25)18(11-17)21(31)27-12-16-10-20(30-29-16)13-2-3-13/h4-11,13,26,28H,2-3,12H2,1H3,(H,27,31)(H,29,30). The molecule has 0 atom stereocenters. The molecule has 0 bridgehead atoms. The summed E-state index contributed by atoms with van der Waals surface area (Å²) >= 11 is 0. The fraction of sp³-hybridized carbons (Fsp3) is 0.273. The molecule has 0 saturated heterocycles. The summed E-state index contributed by atoms with van der Waals surface area (Å²) in [5.74, 6) is -0.117. The number of carbonyl (C=O) groups excluding carboxylic acids is 1. The number of nitrogens with zero attached hydrogens (tertiary/aromatic N) is 1. The van der Waals surface area contributed by atoms with Crippen molar-refractivity contribution in [1.29, 1.82) is 0 Å². The Morgan fingerprint density at radius 2 is 1.82 bits per heavy atom. The second-order valence-electron chi connectivity index (χ2n) is 7.89. The van der Waals surface area contributed by atoms with Crippen LogP contribution in [0.4, 0.5) is 24.5 Å². The van der Waals surface area contributed by atoms with Crippen LogP contribution >= 0.6 is 0 Å². The quantitative estimate of drug-likeness (QED) is 0.380. The maximum atomic E-state index is 13.0. The van der Waals surface area contributed by atoms with Gasteiger partial charge in [0.2, 0.25) is 10.0 Å². The molecule has 4 rings (SSSR count). The van der Waals surface area contributed by atoms with Crippen molar-refractivity contribution in [2.24, 2.45) is 0 Å². The summed E-state index contributed by atoms with van der Waals surface area (Å²) < 4.78 is 65.2. The predicted octanol–water partition coefficient (Wildman–Crippen LogP) is 3.89. The molecule has 0 spiro atoms. The van der Waals surface area contributed by atoms with Gasteiger partial charge in [-0.05, 0) is 68.4 Å². The number of hydrogen-bond donors (Lipinski definition) is 4. The van der Waals surface area contributed by atoms with E-state index in [2.05, 4.69) is 25.6 Å². The number of aromatic amines is 1. The molecule has 12 heteroatoms. The Hall–Kier alpha value is -3.38. The van der Waals surface area contributed by atoms with Gasteiger partial charge >= 0.3 is 6.18 Å². The summed E-state index contributed by atoms with van der Waals surface area (Å²) in [4.78, 5) is 12.9. The molecule has 0 radical (unpaired) electrons. The van der Waals surface area contributed by atoms with E-state index < -0.39 is 27.7 Å². The van der Waals surface area contributed by atoms with Crippen LogP contribution in [-0.4, -0.2) is 31.6 Å². The van der Waals surface area contributed by atoms with Crippen LogP contribution in [0.1, 0.15) is 46.1 Å². The number of alkyl halides is 3. The zero-order valence-electron chi connectivity index (χ0n) is 18.0. The molecule has 8 nitrogen and oxygen atoms in total. The first-order valence-electron chi connectivity index (χ1n) is 10.4. The van der Waals surface area contributed by atoms with E-state index in [-0.39, 0.29) is 22.7 Å². The van der Waals surface area contributed by atoms with Crippen LogP contribution in [0, 0.1) is 0 Å². The van der Waals surface area contributed by atoms with Crippen molar-refractivity contribution in [3.8, 4) is 0 Å². The van der Waals surface area contributed by atoms with Crippen LogP contribution in [0.15, 0.2) is 53.4 Å². The molecule has 4 N–H and O–H groups in total. The smallest absolute Gasteiger partial charge is 0.355 e. The van der Waals surface area contributed by atoms with Gasteiger partial charge in [0, 0.05) is 11.6 Å². The first-order chi connectivity index (χ1) is 16.1. The van der Waals surface area contributed by atoms with Crippen LogP contribution in [0.3, 0.4) is 0 Å². The Bertz CT molecular complexity index is 1300. The number of sulfonamides is 1. The average Bonchev–Trinajstić information content (AvgIpc) is 3.55. The molecule has 3 aromatic rings. The molecule has 1 aliphatic rings. The van der Waals surface area contributed by atoms with Gasteiger partial charge in [0.15, 0.2) is 0 Å². The fourth-order valence-corrected chi connectivity index (χ4v) is 4.09. The van der Waals surface area contributed by atoms with Crippen molar-refractivity contribution in [3.63, 3.8) is 0 Å². The van der Waals surface area contributed by atoms with E-state index in [4.69, 9.17) is 0 Å². The highest BCUT2D eigenvalue weighted by atomic mass is 32.2. The Morgan fingerprint density at radius 1 is 1.12 bits per heavy atom. The Kier molecular flexibility index (Phi) is 6.36. The minimum absolute atomic E-state index is 0.0122. The first kappa shape index (κ1) is 23.8. The molecule has 2 aromatic carbocycles. The van der Waals surface area contributed by atoms with Crippen molar-refractivity contribution >= 4 is 27.3 Å². The van der Waals surface area contributed by atoms with E-state index in [9.17, 15) is 26.4 Å². The molecule has 34 heavy (non-hydrogen) atoms. The largest absolute Gasteiger partial charge is 0.416 e. The second-order valence-corrected chi connectivity index (χ2v) is 9.78. The van der Waals surface area contributed by atoms with E-state index in [0.29, 0.717) is 17.3 Å². The molecule has 1 aliphatic carbocycles. The minimum Gasteiger partial charge on any atom is -0.355 e. The Morgan fingerprint density at radius 3 is 2.44 bits per heavy atom. The van der Waals surface area contributed by atoms with Crippen molar-refractivity contribution in [2.75, 3.05) is 12.4 Å². The third kappa shape index (κ3) is 5.39. The summed E-state index contributed by atoms with van der Waals surface area (Å²) in [6, 6.07) is 10.1. The second kappa shape index (κ2) is 9.11. The fourth-order valence-electron chi connectivity index (χ4n) is 3.33. The zero-order chi connectivity index (χ0) is 24.5. The lowest BCUT2D eigenvalue weighted by molar-refractivity contribution is -0.137. The number of benzene rings is 2. The van der Waals surface area contributed by atoms with Crippen LogP contribution in [0.2, 0.25) is 0 Å². The summed E-state index contributed by atoms with van der Waals surface area (Å²) in [5, 5.41) is 12.7. The molecule has 1 aromatic heterocycles. The SMILES string of the molecule is CNS(=O)(=O)c1ccc(Nc2ccc(C(F)(F)F)cc2)c(C(=O)NCc2cc(C3CC3)n[nH]2)c1. The van der Waals surface area contributed by atoms with Gasteiger partial charge in [-0.1, -0.05) is 0 Å². The number of carbonyl (C=O) groups is 1. The highest BCUT2D eigenvalue weighted by Gasteiger charge is 2.30. The highest BCUT2D eigenvalue weighted by Crippen LogP contribution is 2.39. The van der Waals surface area contributed by atoms with Crippen LogP contribution in [-0.2, 0) is 22.7 Å². The van der Waals surface area contributed by atoms with Gasteiger partial charge in [0.1, 0.15) is 0 Å². The van der Waals surface area contributed by atoms with Crippen LogP contribution in [0.5, 0.6) is 0 Å². The van der Waals surface area contributed by atoms with E-state index in [1.807, 2.05) is 6.07 Å². The lowest BCUT2D eigenvalue weighted by atomic mass is 10.1. The Balaban J connectivity index is 1.58. The number of amides is 1. The summed E-state index contributed by atoms with van der Waals surface area (Å²) in [6.45, 7) is 0.140. The third-order valence-corrected chi connectivity index (χ3v) is 6.80. The maximum Gasteiger partial charge on any atom is 0.416 e. The van der Waals surface area contributed by atoms with Crippen LogP contribution < -0.4 is 15.4 Å². The number of H-pyrrole nitrogens is 1. The monoisotopic (exact) mass is 493 g/mol. The summed E-state index contributed by atoms with van der Waals surface area (Å²) in [7, 11) is -2.58. The number of anilines is 2. The van der Waals surface area contributed by atoms with Crippen molar-refractivity contribution in [2.45, 2.75) is 36.4 Å². The molecular weight excluding hydrogens is 471 g/mol. The van der Waals surface area contributed by atoms with E-state index in [1.165, 1.54) is 37.4 Å². The number of halogens is 3. The zero-order valence-corrected chi connectivity index (χ0v) is 18.8. The molecule has 1 heterocycles. The molecule has 0 aliphatic heterocycles. The Labute approximate surface area is 194 Å². The normalized spacial score (nSPS) is 14.1.